The predicted octanol–water partition coefficient (Wildman–Crippen LogP) is 2.01. The van der Waals surface area contributed by atoms with Crippen molar-refractivity contribution in [3.05, 3.63) is 18.3 Å². The van der Waals surface area contributed by atoms with Gasteiger partial charge < -0.3 is 5.73 Å². The van der Waals surface area contributed by atoms with Crippen LogP contribution in [0.25, 0.3) is 0 Å². The third-order valence-electron chi connectivity index (χ3n) is 4.55. The fourth-order valence-electron chi connectivity index (χ4n) is 3.61. The van der Waals surface area contributed by atoms with E-state index in [1.165, 1.54) is 12.6 Å². The first-order valence-corrected chi connectivity index (χ1v) is 8.77. The normalized spacial score (nSPS) is 28.0. The third-order valence-corrected chi connectivity index (χ3v) is 6.45. The number of piperidine rings is 1. The summed E-state index contributed by atoms with van der Waals surface area (Å²) in [6, 6.07) is 3.40. The number of fused-ring (bicyclic) bond motifs is 1. The summed E-state index contributed by atoms with van der Waals surface area (Å²) in [7, 11) is -3.57. The van der Waals surface area contributed by atoms with Crippen molar-refractivity contribution in [1.82, 2.24) is 9.29 Å². The van der Waals surface area contributed by atoms with Gasteiger partial charge in [0.05, 0.1) is 5.69 Å². The number of hydrogen-bond acceptors (Lipinski definition) is 4. The summed E-state index contributed by atoms with van der Waals surface area (Å²) in [4.78, 5) is 4.01. The number of pyridine rings is 1. The molecule has 20 heavy (non-hydrogen) atoms. The van der Waals surface area contributed by atoms with Crippen molar-refractivity contribution in [1.29, 1.82) is 0 Å². The minimum Gasteiger partial charge on any atom is -0.396 e. The Kier molecular flexibility index (Phi) is 3.69. The molecule has 0 unspecified atom stereocenters. The van der Waals surface area contributed by atoms with Gasteiger partial charge in [0.25, 0.3) is 10.0 Å². The van der Waals surface area contributed by atoms with E-state index in [-0.39, 0.29) is 16.8 Å². The largest absolute Gasteiger partial charge is 0.396 e. The minimum absolute atomic E-state index is 0.0197. The first kappa shape index (κ1) is 13.8. The van der Waals surface area contributed by atoms with Crippen LogP contribution >= 0.6 is 0 Å². The van der Waals surface area contributed by atoms with E-state index < -0.39 is 10.0 Å². The fourth-order valence-corrected chi connectivity index (χ4v) is 5.39. The number of sulfonamides is 1. The molecule has 2 aliphatic rings. The fraction of sp³-hybridized carbons (Fsp3) is 0.643. The molecule has 1 saturated heterocycles. The van der Waals surface area contributed by atoms with Gasteiger partial charge in [-0.2, -0.15) is 4.31 Å². The van der Waals surface area contributed by atoms with Gasteiger partial charge in [0.1, 0.15) is 0 Å². The molecular weight excluding hydrogens is 274 g/mol. The van der Waals surface area contributed by atoms with Crippen LogP contribution in [0.3, 0.4) is 0 Å². The van der Waals surface area contributed by atoms with Crippen molar-refractivity contribution in [3.8, 4) is 0 Å². The highest BCUT2D eigenvalue weighted by Crippen LogP contribution is 2.38. The quantitative estimate of drug-likeness (QED) is 0.905. The van der Waals surface area contributed by atoms with Gasteiger partial charge in [0.15, 0.2) is 5.03 Å². The maximum absolute atomic E-state index is 12.8. The highest BCUT2D eigenvalue weighted by Gasteiger charge is 2.40. The van der Waals surface area contributed by atoms with Crippen LogP contribution in [0.1, 0.15) is 38.5 Å². The van der Waals surface area contributed by atoms with Gasteiger partial charge in [-0.15, -0.1) is 0 Å². The van der Waals surface area contributed by atoms with Crippen molar-refractivity contribution >= 4 is 15.7 Å². The van der Waals surface area contributed by atoms with Gasteiger partial charge in [-0.3, -0.25) is 0 Å². The molecule has 0 amide bonds. The monoisotopic (exact) mass is 295 g/mol. The standard InChI is InChI=1S/C14H21N3O2S/c15-12-7-3-9-16-14(12)20(18,19)17-10-4-6-11-5-1-2-8-13(11)17/h3,7,9,11,13H,1-2,4-6,8,10,15H2/t11-,13-/m1/s1. The van der Waals surface area contributed by atoms with Crippen molar-refractivity contribution in [2.24, 2.45) is 5.92 Å². The second-order valence-corrected chi connectivity index (χ2v) is 7.57. The molecule has 5 nitrogen and oxygen atoms in total. The Balaban J connectivity index is 1.96. The van der Waals surface area contributed by atoms with Crippen molar-refractivity contribution in [2.45, 2.75) is 49.6 Å². The molecule has 0 spiro atoms. The van der Waals surface area contributed by atoms with E-state index in [2.05, 4.69) is 4.98 Å². The molecule has 1 aromatic rings. The van der Waals surface area contributed by atoms with Gasteiger partial charge in [-0.05, 0) is 43.7 Å². The van der Waals surface area contributed by atoms with Crippen LogP contribution in [-0.4, -0.2) is 30.3 Å². The summed E-state index contributed by atoms with van der Waals surface area (Å²) in [5, 5.41) is 0.0197. The lowest BCUT2D eigenvalue weighted by Crippen LogP contribution is -2.49. The molecule has 2 atom stereocenters. The maximum atomic E-state index is 12.8. The van der Waals surface area contributed by atoms with E-state index in [4.69, 9.17) is 5.73 Å². The molecule has 3 rings (SSSR count). The molecule has 1 aliphatic heterocycles. The Hall–Kier alpha value is -1.14. The zero-order chi connectivity index (χ0) is 14.2. The molecule has 1 aliphatic carbocycles. The van der Waals surface area contributed by atoms with Crippen LogP contribution < -0.4 is 5.73 Å². The Morgan fingerprint density at radius 2 is 1.95 bits per heavy atom. The molecule has 2 fully saturated rings. The molecule has 1 aromatic heterocycles. The summed E-state index contributed by atoms with van der Waals surface area (Å²) < 4.78 is 27.4. The number of anilines is 1. The zero-order valence-corrected chi connectivity index (χ0v) is 12.3. The molecule has 2 N–H and O–H groups in total. The maximum Gasteiger partial charge on any atom is 0.262 e. The average molecular weight is 295 g/mol. The van der Waals surface area contributed by atoms with Crippen LogP contribution in [0, 0.1) is 5.92 Å². The summed E-state index contributed by atoms with van der Waals surface area (Å²) in [5.74, 6) is 0.511. The molecular formula is C14H21N3O2S. The Morgan fingerprint density at radius 1 is 1.20 bits per heavy atom. The van der Waals surface area contributed by atoms with Crippen LogP contribution in [0.5, 0.6) is 0 Å². The van der Waals surface area contributed by atoms with E-state index in [1.807, 2.05) is 0 Å². The molecule has 0 radical (unpaired) electrons. The highest BCUT2D eigenvalue weighted by molar-refractivity contribution is 7.89. The first-order valence-electron chi connectivity index (χ1n) is 7.33. The lowest BCUT2D eigenvalue weighted by Gasteiger charge is -2.42. The lowest BCUT2D eigenvalue weighted by atomic mass is 9.79. The first-order chi connectivity index (χ1) is 9.60. The van der Waals surface area contributed by atoms with Gasteiger partial charge >= 0.3 is 0 Å². The summed E-state index contributed by atoms with van der Waals surface area (Å²) >= 11 is 0. The van der Waals surface area contributed by atoms with Gasteiger partial charge in [-0.1, -0.05) is 12.8 Å². The smallest absolute Gasteiger partial charge is 0.262 e. The van der Waals surface area contributed by atoms with Crippen LogP contribution in [0.2, 0.25) is 0 Å². The van der Waals surface area contributed by atoms with E-state index >= 15 is 0 Å². The summed E-state index contributed by atoms with van der Waals surface area (Å²) in [6.07, 6.45) is 8.03. The highest BCUT2D eigenvalue weighted by atomic mass is 32.2. The van der Waals surface area contributed by atoms with Crippen molar-refractivity contribution in [2.75, 3.05) is 12.3 Å². The molecule has 2 heterocycles. The Morgan fingerprint density at radius 3 is 2.75 bits per heavy atom. The van der Waals surface area contributed by atoms with E-state index in [9.17, 15) is 8.42 Å². The molecule has 0 bridgehead atoms. The number of nitrogen functional groups attached to an aromatic ring is 1. The van der Waals surface area contributed by atoms with E-state index in [1.54, 1.807) is 16.4 Å². The molecule has 0 aromatic carbocycles. The third kappa shape index (κ3) is 2.31. The number of hydrogen-bond donors (Lipinski definition) is 1. The van der Waals surface area contributed by atoms with Gasteiger partial charge in [-0.25, -0.2) is 13.4 Å². The number of rotatable bonds is 2. The zero-order valence-electron chi connectivity index (χ0n) is 11.5. The Labute approximate surface area is 120 Å². The number of aromatic nitrogens is 1. The lowest BCUT2D eigenvalue weighted by molar-refractivity contribution is 0.129. The van der Waals surface area contributed by atoms with Crippen LogP contribution in [0.4, 0.5) is 5.69 Å². The predicted molar refractivity (Wildman–Crippen MR) is 77.5 cm³/mol. The molecule has 110 valence electrons. The second-order valence-electron chi connectivity index (χ2n) is 5.77. The van der Waals surface area contributed by atoms with Gasteiger partial charge in [0, 0.05) is 18.8 Å². The minimum atomic E-state index is -3.57. The van der Waals surface area contributed by atoms with E-state index in [0.717, 1.165) is 32.1 Å². The average Bonchev–Trinajstić information content (AvgIpc) is 2.47. The number of nitrogens with two attached hydrogens (primary N) is 1. The molecule has 6 heteroatoms. The molecule has 1 saturated carbocycles. The SMILES string of the molecule is Nc1cccnc1S(=O)(=O)N1CCC[C@H]2CCCC[C@H]21. The summed E-state index contributed by atoms with van der Waals surface area (Å²) in [6.45, 7) is 0.597. The Bertz CT molecular complexity index is 586. The number of nitrogens with zero attached hydrogens (tertiary/aromatic N) is 2. The van der Waals surface area contributed by atoms with Crippen LogP contribution in [0.15, 0.2) is 23.4 Å². The topological polar surface area (TPSA) is 76.3 Å². The van der Waals surface area contributed by atoms with Crippen LogP contribution in [-0.2, 0) is 10.0 Å². The second kappa shape index (κ2) is 5.33. The summed E-state index contributed by atoms with van der Waals surface area (Å²) in [5.41, 5.74) is 6.05. The van der Waals surface area contributed by atoms with E-state index in [0.29, 0.717) is 12.5 Å². The van der Waals surface area contributed by atoms with Gasteiger partial charge in [0.2, 0.25) is 0 Å². The van der Waals surface area contributed by atoms with Crippen molar-refractivity contribution in [3.63, 3.8) is 0 Å². The van der Waals surface area contributed by atoms with Crippen molar-refractivity contribution < 1.29 is 8.42 Å².